The van der Waals surface area contributed by atoms with E-state index in [2.05, 4.69) is 6.58 Å². The van der Waals surface area contributed by atoms with Crippen molar-refractivity contribution < 1.29 is 14.3 Å². The van der Waals surface area contributed by atoms with E-state index in [1.807, 2.05) is 20.8 Å². The molecule has 0 spiro atoms. The average Bonchev–Trinajstić information content (AvgIpc) is 2.43. The molecule has 0 aromatic carbocycles. The van der Waals surface area contributed by atoms with Gasteiger partial charge in [-0.05, 0) is 26.3 Å². The fourth-order valence-corrected chi connectivity index (χ4v) is 1.45. The first-order valence-corrected chi connectivity index (χ1v) is 5.02. The van der Waals surface area contributed by atoms with Crippen LogP contribution in [0.5, 0.6) is 0 Å². The third-order valence-corrected chi connectivity index (χ3v) is 2.17. The summed E-state index contributed by atoms with van der Waals surface area (Å²) in [7, 11) is 1.62. The van der Waals surface area contributed by atoms with Crippen molar-refractivity contribution in [3.05, 3.63) is 12.2 Å². The summed E-state index contributed by atoms with van der Waals surface area (Å²) in [4.78, 5) is 13.3. The Hall–Kier alpha value is -1.03. The van der Waals surface area contributed by atoms with Crippen molar-refractivity contribution in [2.75, 3.05) is 20.2 Å². The maximum Gasteiger partial charge on any atom is 0.410 e. The second-order valence-corrected chi connectivity index (χ2v) is 4.74. The van der Waals surface area contributed by atoms with Gasteiger partial charge >= 0.3 is 6.09 Å². The summed E-state index contributed by atoms with van der Waals surface area (Å²) < 4.78 is 10.4. The van der Waals surface area contributed by atoms with Crippen LogP contribution in [0.1, 0.15) is 20.8 Å². The lowest BCUT2D eigenvalue weighted by Gasteiger charge is -2.24. The van der Waals surface area contributed by atoms with Crippen LogP contribution in [-0.4, -0.2) is 42.9 Å². The van der Waals surface area contributed by atoms with Crippen molar-refractivity contribution in [1.29, 1.82) is 0 Å². The third kappa shape index (κ3) is 3.23. The molecule has 1 amide bonds. The van der Waals surface area contributed by atoms with E-state index in [9.17, 15) is 4.79 Å². The summed E-state index contributed by atoms with van der Waals surface area (Å²) in [5, 5.41) is 0. The zero-order valence-electron chi connectivity index (χ0n) is 9.87. The standard InChI is InChI=1S/C11H19NO3/c1-8-6-12(7-9(8)14-5)10(13)15-11(2,3)4/h9H,1,6-7H2,2-5H3. The minimum atomic E-state index is -0.455. The molecular weight excluding hydrogens is 194 g/mol. The third-order valence-electron chi connectivity index (χ3n) is 2.17. The second kappa shape index (κ2) is 4.23. The van der Waals surface area contributed by atoms with Gasteiger partial charge in [0.2, 0.25) is 0 Å². The van der Waals surface area contributed by atoms with Gasteiger partial charge in [-0.25, -0.2) is 4.79 Å². The van der Waals surface area contributed by atoms with E-state index in [1.54, 1.807) is 12.0 Å². The van der Waals surface area contributed by atoms with Gasteiger partial charge < -0.3 is 14.4 Å². The van der Waals surface area contributed by atoms with Crippen LogP contribution in [0.25, 0.3) is 0 Å². The molecule has 4 heteroatoms. The number of rotatable bonds is 1. The van der Waals surface area contributed by atoms with E-state index < -0.39 is 5.60 Å². The lowest BCUT2D eigenvalue weighted by atomic mass is 10.2. The van der Waals surface area contributed by atoms with Crippen molar-refractivity contribution in [2.24, 2.45) is 0 Å². The van der Waals surface area contributed by atoms with Gasteiger partial charge in [0, 0.05) is 13.7 Å². The van der Waals surface area contributed by atoms with Crippen LogP contribution in [0.15, 0.2) is 12.2 Å². The largest absolute Gasteiger partial charge is 0.444 e. The SMILES string of the molecule is C=C1CN(C(=O)OC(C)(C)C)CC1OC. The van der Waals surface area contributed by atoms with Crippen LogP contribution in [0.3, 0.4) is 0 Å². The zero-order chi connectivity index (χ0) is 11.6. The number of carbonyl (C=O) groups excluding carboxylic acids is 1. The van der Waals surface area contributed by atoms with Gasteiger partial charge in [0.15, 0.2) is 0 Å². The molecule has 86 valence electrons. The monoisotopic (exact) mass is 213 g/mol. The fourth-order valence-electron chi connectivity index (χ4n) is 1.45. The Labute approximate surface area is 90.8 Å². The highest BCUT2D eigenvalue weighted by atomic mass is 16.6. The summed E-state index contributed by atoms with van der Waals surface area (Å²) in [5.41, 5.74) is 0.465. The Kier molecular flexibility index (Phi) is 3.39. The van der Waals surface area contributed by atoms with Crippen LogP contribution in [0.2, 0.25) is 0 Å². The first kappa shape index (κ1) is 12.0. The number of carbonyl (C=O) groups is 1. The van der Waals surface area contributed by atoms with Gasteiger partial charge in [0.25, 0.3) is 0 Å². The van der Waals surface area contributed by atoms with Gasteiger partial charge in [-0.2, -0.15) is 0 Å². The van der Waals surface area contributed by atoms with E-state index in [-0.39, 0.29) is 12.2 Å². The molecule has 1 unspecified atom stereocenters. The molecule has 0 aromatic heterocycles. The number of amides is 1. The smallest absolute Gasteiger partial charge is 0.410 e. The van der Waals surface area contributed by atoms with Gasteiger partial charge in [-0.1, -0.05) is 6.58 Å². The number of methoxy groups -OCH3 is 1. The predicted octanol–water partition coefficient (Wildman–Crippen LogP) is 1.81. The molecule has 1 rings (SSSR count). The van der Waals surface area contributed by atoms with Gasteiger partial charge in [-0.3, -0.25) is 0 Å². The minimum Gasteiger partial charge on any atom is -0.444 e. The molecule has 1 saturated heterocycles. The lowest BCUT2D eigenvalue weighted by molar-refractivity contribution is 0.0253. The Morgan fingerprint density at radius 1 is 1.53 bits per heavy atom. The first-order valence-electron chi connectivity index (χ1n) is 5.02. The zero-order valence-corrected chi connectivity index (χ0v) is 9.87. The fraction of sp³-hybridized carbons (Fsp3) is 0.727. The topological polar surface area (TPSA) is 38.8 Å². The van der Waals surface area contributed by atoms with Crippen LogP contribution >= 0.6 is 0 Å². The molecule has 1 fully saturated rings. The van der Waals surface area contributed by atoms with Crippen molar-refractivity contribution >= 4 is 6.09 Å². The summed E-state index contributed by atoms with van der Waals surface area (Å²) in [6.45, 7) is 10.5. The van der Waals surface area contributed by atoms with Crippen LogP contribution < -0.4 is 0 Å². The molecule has 4 nitrogen and oxygen atoms in total. The van der Waals surface area contributed by atoms with Crippen LogP contribution in [0.4, 0.5) is 4.79 Å². The first-order chi connectivity index (χ1) is 6.83. The Bertz CT molecular complexity index is 267. The quantitative estimate of drug-likeness (QED) is 0.623. The average molecular weight is 213 g/mol. The number of hydrogen-bond donors (Lipinski definition) is 0. The van der Waals surface area contributed by atoms with Crippen molar-refractivity contribution in [1.82, 2.24) is 4.90 Å². The molecule has 1 aliphatic rings. The maximum atomic E-state index is 11.7. The van der Waals surface area contributed by atoms with E-state index in [1.165, 1.54) is 0 Å². The molecular formula is C11H19NO3. The molecule has 0 aliphatic carbocycles. The Morgan fingerprint density at radius 2 is 2.13 bits per heavy atom. The lowest BCUT2D eigenvalue weighted by Crippen LogP contribution is -2.35. The number of nitrogens with zero attached hydrogens (tertiary/aromatic N) is 1. The van der Waals surface area contributed by atoms with Crippen molar-refractivity contribution in [3.63, 3.8) is 0 Å². The molecule has 0 radical (unpaired) electrons. The molecule has 1 aliphatic heterocycles. The summed E-state index contributed by atoms with van der Waals surface area (Å²) in [6.07, 6.45) is -0.360. The van der Waals surface area contributed by atoms with E-state index in [0.717, 1.165) is 5.57 Å². The maximum absolute atomic E-state index is 11.7. The molecule has 0 saturated carbocycles. The van der Waals surface area contributed by atoms with Gasteiger partial charge in [0.1, 0.15) is 5.60 Å². The molecule has 0 N–H and O–H groups in total. The molecule has 15 heavy (non-hydrogen) atoms. The highest BCUT2D eigenvalue weighted by Crippen LogP contribution is 2.19. The Morgan fingerprint density at radius 3 is 2.53 bits per heavy atom. The van der Waals surface area contributed by atoms with Crippen LogP contribution in [0, 0.1) is 0 Å². The highest BCUT2D eigenvalue weighted by Gasteiger charge is 2.31. The number of ether oxygens (including phenoxy) is 2. The van der Waals surface area contributed by atoms with Crippen LogP contribution in [-0.2, 0) is 9.47 Å². The molecule has 1 atom stereocenters. The summed E-state index contributed by atoms with van der Waals surface area (Å²) >= 11 is 0. The number of likely N-dealkylation sites (tertiary alicyclic amines) is 1. The van der Waals surface area contributed by atoms with E-state index in [4.69, 9.17) is 9.47 Å². The van der Waals surface area contributed by atoms with Crippen molar-refractivity contribution in [2.45, 2.75) is 32.5 Å². The van der Waals surface area contributed by atoms with Gasteiger partial charge in [0.05, 0.1) is 12.6 Å². The highest BCUT2D eigenvalue weighted by molar-refractivity contribution is 5.69. The number of hydrogen-bond acceptors (Lipinski definition) is 3. The molecule has 1 heterocycles. The molecule has 0 bridgehead atoms. The summed E-state index contributed by atoms with van der Waals surface area (Å²) in [6, 6.07) is 0. The Balaban J connectivity index is 2.53. The van der Waals surface area contributed by atoms with Crippen molar-refractivity contribution in [3.8, 4) is 0 Å². The minimum absolute atomic E-state index is 0.0579. The van der Waals surface area contributed by atoms with E-state index >= 15 is 0 Å². The summed E-state index contributed by atoms with van der Waals surface area (Å²) in [5.74, 6) is 0. The normalized spacial score (nSPS) is 22.0. The predicted molar refractivity (Wildman–Crippen MR) is 57.7 cm³/mol. The van der Waals surface area contributed by atoms with E-state index in [0.29, 0.717) is 13.1 Å². The second-order valence-electron chi connectivity index (χ2n) is 4.74. The van der Waals surface area contributed by atoms with Gasteiger partial charge in [-0.15, -0.1) is 0 Å². The molecule has 0 aromatic rings.